The molecule has 0 radical (unpaired) electrons. The van der Waals surface area contributed by atoms with Gasteiger partial charge in [0.25, 0.3) is 0 Å². The highest BCUT2D eigenvalue weighted by molar-refractivity contribution is 7.85. The minimum atomic E-state index is -1.29. The Hall–Kier alpha value is -2.00. The van der Waals surface area contributed by atoms with Crippen LogP contribution in [0.15, 0.2) is 65.1 Å². The Morgan fingerprint density at radius 1 is 1.00 bits per heavy atom. The Morgan fingerprint density at radius 2 is 1.61 bits per heavy atom. The second kappa shape index (κ2) is 7.51. The second-order valence-corrected chi connectivity index (χ2v) is 8.35. The first-order chi connectivity index (χ1) is 10.9. The van der Waals surface area contributed by atoms with Crippen LogP contribution in [-0.4, -0.2) is 14.7 Å². The summed E-state index contributed by atoms with van der Waals surface area (Å²) < 4.78 is 16.5. The third kappa shape index (κ3) is 5.29. The highest BCUT2D eigenvalue weighted by atomic mass is 32.2. The highest BCUT2D eigenvalue weighted by Crippen LogP contribution is 2.16. The summed E-state index contributed by atoms with van der Waals surface area (Å²) in [6, 6.07) is 18.2. The van der Waals surface area contributed by atoms with Crippen molar-refractivity contribution in [1.29, 1.82) is 0 Å². The van der Waals surface area contributed by atoms with Crippen molar-refractivity contribution in [3.05, 3.63) is 77.4 Å². The minimum Gasteiger partial charge on any atom is -0.234 e. The molecule has 1 atom stereocenters. The zero-order chi connectivity index (χ0) is 16.9. The normalized spacial score (nSPS) is 14.2. The van der Waals surface area contributed by atoms with E-state index in [0.717, 1.165) is 16.8 Å². The summed E-state index contributed by atoms with van der Waals surface area (Å²) in [5, 5.41) is 0. The van der Waals surface area contributed by atoms with Gasteiger partial charge in [0.2, 0.25) is 0 Å². The maximum Gasteiger partial charge on any atom is 0.145 e. The van der Waals surface area contributed by atoms with E-state index >= 15 is 0 Å². The van der Waals surface area contributed by atoms with Gasteiger partial charge in [-0.3, -0.25) is 0 Å². The molecule has 2 aromatic carbocycles. The zero-order valence-electron chi connectivity index (χ0n) is 14.1. The fourth-order valence-corrected chi connectivity index (χ4v) is 2.49. The van der Waals surface area contributed by atoms with Crippen LogP contribution in [0.5, 0.6) is 0 Å². The molecule has 0 aliphatic rings. The van der Waals surface area contributed by atoms with Gasteiger partial charge in [-0.05, 0) is 39.3 Å². The third-order valence-electron chi connectivity index (χ3n) is 3.29. The van der Waals surface area contributed by atoms with E-state index in [4.69, 9.17) is 0 Å². The fraction of sp³-hybridized carbons (Fsp3) is 0.250. The predicted molar refractivity (Wildman–Crippen MR) is 101 cm³/mol. The van der Waals surface area contributed by atoms with E-state index in [1.54, 1.807) is 0 Å². The van der Waals surface area contributed by atoms with Crippen molar-refractivity contribution in [2.75, 3.05) is 0 Å². The van der Waals surface area contributed by atoms with Crippen molar-refractivity contribution in [2.24, 2.45) is 4.40 Å². The minimum absolute atomic E-state index is 0.378. The SMILES string of the molecule is Cc1ccc(C(/C=C/c2ccccc2)=N\[S@@](=O)C(C)(C)C)cc1. The van der Waals surface area contributed by atoms with Crippen LogP contribution in [0.4, 0.5) is 0 Å². The lowest BCUT2D eigenvalue weighted by atomic mass is 10.1. The van der Waals surface area contributed by atoms with E-state index in [-0.39, 0.29) is 4.75 Å². The molecule has 0 aliphatic heterocycles. The molecule has 2 nitrogen and oxygen atoms in total. The summed E-state index contributed by atoms with van der Waals surface area (Å²) in [7, 11) is -1.29. The number of hydrogen-bond donors (Lipinski definition) is 0. The van der Waals surface area contributed by atoms with E-state index in [9.17, 15) is 4.21 Å². The number of nitrogens with zero attached hydrogens (tertiary/aromatic N) is 1. The first-order valence-corrected chi connectivity index (χ1v) is 8.78. The Morgan fingerprint density at radius 3 is 2.17 bits per heavy atom. The van der Waals surface area contributed by atoms with Gasteiger partial charge < -0.3 is 0 Å². The van der Waals surface area contributed by atoms with Gasteiger partial charge in [0.15, 0.2) is 0 Å². The quantitative estimate of drug-likeness (QED) is 0.731. The fourth-order valence-electron chi connectivity index (χ4n) is 1.87. The number of allylic oxidation sites excluding steroid dienone is 1. The maximum atomic E-state index is 12.4. The molecular formula is C20H23NOS. The van der Waals surface area contributed by atoms with E-state index in [1.807, 2.05) is 94.4 Å². The van der Waals surface area contributed by atoms with Crippen LogP contribution in [0.3, 0.4) is 0 Å². The molecule has 120 valence electrons. The molecule has 0 N–H and O–H groups in total. The molecule has 0 fully saturated rings. The van der Waals surface area contributed by atoms with Gasteiger partial charge in [-0.25, -0.2) is 4.21 Å². The summed E-state index contributed by atoms with van der Waals surface area (Å²) in [6.45, 7) is 7.84. The molecule has 0 aromatic heterocycles. The number of hydrogen-bond acceptors (Lipinski definition) is 1. The van der Waals surface area contributed by atoms with Crippen molar-refractivity contribution in [2.45, 2.75) is 32.4 Å². The van der Waals surface area contributed by atoms with Crippen LogP contribution in [0.2, 0.25) is 0 Å². The van der Waals surface area contributed by atoms with Gasteiger partial charge >= 0.3 is 0 Å². The van der Waals surface area contributed by atoms with Gasteiger partial charge in [0.05, 0.1) is 10.5 Å². The Balaban J connectivity index is 2.39. The topological polar surface area (TPSA) is 29.4 Å². The molecule has 0 unspecified atom stereocenters. The van der Waals surface area contributed by atoms with Gasteiger partial charge in [0, 0.05) is 5.56 Å². The van der Waals surface area contributed by atoms with Gasteiger partial charge in [-0.1, -0.05) is 66.2 Å². The second-order valence-electron chi connectivity index (χ2n) is 6.45. The molecule has 0 heterocycles. The van der Waals surface area contributed by atoms with Crippen LogP contribution >= 0.6 is 0 Å². The number of benzene rings is 2. The molecule has 0 aliphatic carbocycles. The van der Waals surface area contributed by atoms with E-state index < -0.39 is 11.0 Å². The van der Waals surface area contributed by atoms with Crippen LogP contribution in [0, 0.1) is 6.92 Å². The molecular weight excluding hydrogens is 302 g/mol. The van der Waals surface area contributed by atoms with E-state index in [1.165, 1.54) is 5.56 Å². The van der Waals surface area contributed by atoms with Crippen LogP contribution in [-0.2, 0) is 11.0 Å². The van der Waals surface area contributed by atoms with Gasteiger partial charge in [-0.15, -0.1) is 0 Å². The molecule has 0 bridgehead atoms. The Bertz CT molecular complexity index is 722. The maximum absolute atomic E-state index is 12.4. The molecule has 0 saturated carbocycles. The standard InChI is InChI=1S/C20H23NOS/c1-16-10-13-18(14-11-16)19(21-23(22)20(2,3)4)15-12-17-8-6-5-7-9-17/h5-15H,1-4H3/b15-12+,21-19-/t23-/m0/s1. The smallest absolute Gasteiger partial charge is 0.145 e. The molecule has 2 aromatic rings. The van der Waals surface area contributed by atoms with Gasteiger partial charge in [-0.2, -0.15) is 4.40 Å². The van der Waals surface area contributed by atoms with Crippen molar-refractivity contribution in [3.8, 4) is 0 Å². The van der Waals surface area contributed by atoms with Crippen LogP contribution in [0.25, 0.3) is 6.08 Å². The lowest BCUT2D eigenvalue weighted by Crippen LogP contribution is -2.20. The van der Waals surface area contributed by atoms with Crippen molar-refractivity contribution < 1.29 is 4.21 Å². The Labute approximate surface area is 141 Å². The number of aryl methyl sites for hydroxylation is 1. The summed E-state index contributed by atoms with van der Waals surface area (Å²) in [5.74, 6) is 0. The lowest BCUT2D eigenvalue weighted by molar-refractivity contribution is 0.650. The third-order valence-corrected chi connectivity index (χ3v) is 4.70. The summed E-state index contributed by atoms with van der Waals surface area (Å²) in [6.07, 6.45) is 3.93. The molecule has 23 heavy (non-hydrogen) atoms. The molecule has 0 spiro atoms. The lowest BCUT2D eigenvalue weighted by Gasteiger charge is -2.14. The van der Waals surface area contributed by atoms with E-state index in [2.05, 4.69) is 4.40 Å². The summed E-state index contributed by atoms with van der Waals surface area (Å²) >= 11 is 0. The molecule has 2 rings (SSSR count). The molecule has 0 amide bonds. The van der Waals surface area contributed by atoms with Crippen LogP contribution in [0.1, 0.15) is 37.5 Å². The van der Waals surface area contributed by atoms with Crippen LogP contribution < -0.4 is 0 Å². The molecule has 3 heteroatoms. The highest BCUT2D eigenvalue weighted by Gasteiger charge is 2.19. The largest absolute Gasteiger partial charge is 0.234 e. The monoisotopic (exact) mass is 325 g/mol. The van der Waals surface area contributed by atoms with E-state index in [0.29, 0.717) is 0 Å². The number of rotatable bonds is 4. The predicted octanol–water partition coefficient (Wildman–Crippen LogP) is 4.96. The first-order valence-electron chi connectivity index (χ1n) is 7.67. The summed E-state index contributed by atoms with van der Waals surface area (Å²) in [5.41, 5.74) is 3.99. The first kappa shape index (κ1) is 17.4. The molecule has 0 saturated heterocycles. The van der Waals surface area contributed by atoms with Crippen molar-refractivity contribution in [1.82, 2.24) is 0 Å². The average molecular weight is 325 g/mol. The Kier molecular flexibility index (Phi) is 5.67. The summed E-state index contributed by atoms with van der Waals surface area (Å²) in [4.78, 5) is 0. The van der Waals surface area contributed by atoms with Gasteiger partial charge in [0.1, 0.15) is 11.0 Å². The van der Waals surface area contributed by atoms with Crippen molar-refractivity contribution in [3.63, 3.8) is 0 Å². The average Bonchev–Trinajstić information content (AvgIpc) is 2.52. The van der Waals surface area contributed by atoms with Crippen molar-refractivity contribution >= 4 is 22.8 Å². The zero-order valence-corrected chi connectivity index (χ0v) is 14.9.